The van der Waals surface area contributed by atoms with Gasteiger partial charge in [-0.1, -0.05) is 48.5 Å². The first-order valence-electron chi connectivity index (χ1n) is 10.3. The van der Waals surface area contributed by atoms with Crippen LogP contribution in [0, 0.1) is 0 Å². The van der Waals surface area contributed by atoms with Gasteiger partial charge in [0, 0.05) is 21.6 Å². The van der Waals surface area contributed by atoms with E-state index >= 15 is 0 Å². The standard InChI is InChI=1S/C26H23NO4S/c1-18(26(28)29)31-25-12-5-3-8-20(25)17-32-23-10-6-9-22(15-23)30-16-21-14-13-19-7-2-4-11-24(19)27-21/h2-15,18H,16-17H2,1H3,(H,28,29). The second-order valence-corrected chi connectivity index (χ2v) is 8.30. The highest BCUT2D eigenvalue weighted by atomic mass is 32.2. The number of carbonyl (C=O) groups is 1. The Morgan fingerprint density at radius 2 is 1.81 bits per heavy atom. The van der Waals surface area contributed by atoms with Crippen LogP contribution in [-0.2, 0) is 17.2 Å². The van der Waals surface area contributed by atoms with Crippen LogP contribution in [0.25, 0.3) is 10.9 Å². The van der Waals surface area contributed by atoms with Gasteiger partial charge in [0.25, 0.3) is 0 Å². The predicted octanol–water partition coefficient (Wildman–Crippen LogP) is 5.96. The topological polar surface area (TPSA) is 68.7 Å². The summed E-state index contributed by atoms with van der Waals surface area (Å²) < 4.78 is 11.6. The van der Waals surface area contributed by atoms with Crippen LogP contribution in [0.5, 0.6) is 11.5 Å². The van der Waals surface area contributed by atoms with E-state index in [1.165, 1.54) is 6.92 Å². The van der Waals surface area contributed by atoms with E-state index in [0.717, 1.165) is 32.8 Å². The molecule has 1 aromatic heterocycles. The highest BCUT2D eigenvalue weighted by Gasteiger charge is 2.14. The molecule has 1 heterocycles. The van der Waals surface area contributed by atoms with Crippen LogP contribution in [0.2, 0.25) is 0 Å². The molecule has 0 saturated heterocycles. The Morgan fingerprint density at radius 1 is 1.00 bits per heavy atom. The largest absolute Gasteiger partial charge is 0.487 e. The van der Waals surface area contributed by atoms with Gasteiger partial charge in [0.15, 0.2) is 6.10 Å². The second-order valence-electron chi connectivity index (χ2n) is 7.25. The molecule has 0 saturated carbocycles. The molecule has 0 aliphatic carbocycles. The van der Waals surface area contributed by atoms with Crippen molar-refractivity contribution >= 4 is 28.6 Å². The number of aromatic nitrogens is 1. The highest BCUT2D eigenvalue weighted by molar-refractivity contribution is 7.98. The number of para-hydroxylation sites is 2. The van der Waals surface area contributed by atoms with Gasteiger partial charge >= 0.3 is 5.97 Å². The molecule has 1 N–H and O–H groups in total. The number of ether oxygens (including phenoxy) is 2. The van der Waals surface area contributed by atoms with Crippen molar-refractivity contribution in [2.24, 2.45) is 0 Å². The van der Waals surface area contributed by atoms with Crippen LogP contribution in [0.4, 0.5) is 0 Å². The zero-order valence-corrected chi connectivity index (χ0v) is 18.4. The molecule has 0 aliphatic heterocycles. The first kappa shape index (κ1) is 21.7. The maximum absolute atomic E-state index is 11.1. The number of pyridine rings is 1. The zero-order chi connectivity index (χ0) is 22.3. The van der Waals surface area contributed by atoms with E-state index < -0.39 is 12.1 Å². The van der Waals surface area contributed by atoms with Crippen LogP contribution in [0.15, 0.2) is 89.8 Å². The van der Waals surface area contributed by atoms with Gasteiger partial charge in [0.05, 0.1) is 11.2 Å². The lowest BCUT2D eigenvalue weighted by Crippen LogP contribution is -2.23. The molecule has 1 unspecified atom stereocenters. The highest BCUT2D eigenvalue weighted by Crippen LogP contribution is 2.30. The molecule has 4 rings (SSSR count). The fraction of sp³-hybridized carbons (Fsp3) is 0.154. The normalized spacial score (nSPS) is 11.8. The summed E-state index contributed by atoms with van der Waals surface area (Å²) in [5.41, 5.74) is 2.77. The summed E-state index contributed by atoms with van der Waals surface area (Å²) in [5, 5.41) is 10.2. The van der Waals surface area contributed by atoms with E-state index in [1.807, 2.05) is 72.8 Å². The lowest BCUT2D eigenvalue weighted by molar-refractivity contribution is -0.144. The molecule has 32 heavy (non-hydrogen) atoms. The maximum Gasteiger partial charge on any atom is 0.344 e. The van der Waals surface area contributed by atoms with Crippen molar-refractivity contribution in [3.63, 3.8) is 0 Å². The van der Waals surface area contributed by atoms with E-state index in [-0.39, 0.29) is 0 Å². The van der Waals surface area contributed by atoms with Gasteiger partial charge in [-0.15, -0.1) is 11.8 Å². The number of rotatable bonds is 9. The second kappa shape index (κ2) is 10.2. The van der Waals surface area contributed by atoms with Crippen LogP contribution in [0.3, 0.4) is 0 Å². The molecule has 162 valence electrons. The van der Waals surface area contributed by atoms with Gasteiger partial charge in [0.2, 0.25) is 0 Å². The first-order chi connectivity index (χ1) is 15.6. The number of fused-ring (bicyclic) bond motifs is 1. The Balaban J connectivity index is 1.39. The Morgan fingerprint density at radius 3 is 2.69 bits per heavy atom. The van der Waals surface area contributed by atoms with E-state index in [2.05, 4.69) is 11.1 Å². The zero-order valence-electron chi connectivity index (χ0n) is 17.6. The van der Waals surface area contributed by atoms with Crippen molar-refractivity contribution in [2.45, 2.75) is 30.3 Å². The third-order valence-corrected chi connectivity index (χ3v) is 5.91. The average Bonchev–Trinajstić information content (AvgIpc) is 2.82. The third-order valence-electron chi connectivity index (χ3n) is 4.87. The monoisotopic (exact) mass is 445 g/mol. The Hall–Kier alpha value is -3.51. The van der Waals surface area contributed by atoms with E-state index in [1.54, 1.807) is 17.8 Å². The number of benzene rings is 3. The van der Waals surface area contributed by atoms with Crippen molar-refractivity contribution in [1.29, 1.82) is 0 Å². The van der Waals surface area contributed by atoms with Crippen LogP contribution >= 0.6 is 11.8 Å². The molecule has 3 aromatic carbocycles. The van der Waals surface area contributed by atoms with Gasteiger partial charge in [-0.2, -0.15) is 0 Å². The molecule has 4 aromatic rings. The van der Waals surface area contributed by atoms with Crippen LogP contribution in [0.1, 0.15) is 18.2 Å². The van der Waals surface area contributed by atoms with Gasteiger partial charge < -0.3 is 14.6 Å². The van der Waals surface area contributed by atoms with Crippen molar-refractivity contribution in [2.75, 3.05) is 0 Å². The maximum atomic E-state index is 11.1. The van der Waals surface area contributed by atoms with Gasteiger partial charge in [-0.25, -0.2) is 9.78 Å². The predicted molar refractivity (Wildman–Crippen MR) is 126 cm³/mol. The SMILES string of the molecule is CC(Oc1ccccc1CSc1cccc(OCc2ccc3ccccc3n2)c1)C(=O)O. The summed E-state index contributed by atoms with van der Waals surface area (Å²) in [7, 11) is 0. The van der Waals surface area contributed by atoms with Gasteiger partial charge in [-0.3, -0.25) is 0 Å². The third kappa shape index (κ3) is 5.59. The minimum atomic E-state index is -0.988. The number of nitrogens with zero attached hydrogens (tertiary/aromatic N) is 1. The van der Waals surface area contributed by atoms with E-state index in [9.17, 15) is 4.79 Å². The summed E-state index contributed by atoms with van der Waals surface area (Å²) >= 11 is 1.64. The van der Waals surface area contributed by atoms with Crippen LogP contribution in [-0.4, -0.2) is 22.2 Å². The summed E-state index contributed by atoms with van der Waals surface area (Å²) in [6, 6.07) is 27.5. The molecule has 0 amide bonds. The molecule has 6 heteroatoms. The lowest BCUT2D eigenvalue weighted by atomic mass is 10.2. The molecule has 0 fully saturated rings. The van der Waals surface area contributed by atoms with Crippen molar-refractivity contribution in [3.05, 3.63) is 96.2 Å². The summed E-state index contributed by atoms with van der Waals surface area (Å²) in [4.78, 5) is 16.8. The molecule has 0 bridgehead atoms. The molecular weight excluding hydrogens is 422 g/mol. The first-order valence-corrected chi connectivity index (χ1v) is 11.2. The number of hydrogen-bond donors (Lipinski definition) is 1. The molecular formula is C26H23NO4S. The fourth-order valence-corrected chi connectivity index (χ4v) is 4.07. The van der Waals surface area contributed by atoms with E-state index in [4.69, 9.17) is 14.6 Å². The number of aliphatic carboxylic acids is 1. The fourth-order valence-electron chi connectivity index (χ4n) is 3.14. The summed E-state index contributed by atoms with van der Waals surface area (Å²) in [6.45, 7) is 1.92. The number of carboxylic acids is 1. The van der Waals surface area contributed by atoms with Gasteiger partial charge in [-0.05, 0) is 43.3 Å². The van der Waals surface area contributed by atoms with Crippen molar-refractivity contribution in [3.8, 4) is 11.5 Å². The average molecular weight is 446 g/mol. The molecule has 0 aliphatic rings. The summed E-state index contributed by atoms with van der Waals surface area (Å²) in [6.07, 6.45) is -0.901. The van der Waals surface area contributed by atoms with E-state index in [0.29, 0.717) is 18.1 Å². The minimum absolute atomic E-state index is 0.392. The Bertz CT molecular complexity index is 1230. The Labute approximate surface area is 191 Å². The Kier molecular flexibility index (Phi) is 6.92. The quantitative estimate of drug-likeness (QED) is 0.321. The number of hydrogen-bond acceptors (Lipinski definition) is 5. The van der Waals surface area contributed by atoms with Crippen molar-refractivity contribution in [1.82, 2.24) is 4.98 Å². The summed E-state index contributed by atoms with van der Waals surface area (Å²) in [5.74, 6) is 1.02. The molecule has 0 spiro atoms. The van der Waals surface area contributed by atoms with Gasteiger partial charge in [0.1, 0.15) is 18.1 Å². The number of carboxylic acid groups (broad SMARTS) is 1. The lowest BCUT2D eigenvalue weighted by Gasteiger charge is -2.14. The molecule has 5 nitrogen and oxygen atoms in total. The molecule has 0 radical (unpaired) electrons. The van der Waals surface area contributed by atoms with Crippen molar-refractivity contribution < 1.29 is 19.4 Å². The smallest absolute Gasteiger partial charge is 0.344 e. The molecule has 1 atom stereocenters. The minimum Gasteiger partial charge on any atom is -0.487 e. The number of thioether (sulfide) groups is 1. The van der Waals surface area contributed by atoms with Crippen LogP contribution < -0.4 is 9.47 Å².